The van der Waals surface area contributed by atoms with Gasteiger partial charge in [-0.3, -0.25) is 9.69 Å². The molecule has 1 fully saturated rings. The van der Waals surface area contributed by atoms with Crippen molar-refractivity contribution < 1.29 is 18.7 Å². The third-order valence-electron chi connectivity index (χ3n) is 2.70. The van der Waals surface area contributed by atoms with E-state index in [1.807, 2.05) is 4.90 Å². The van der Waals surface area contributed by atoms with Gasteiger partial charge in [0.2, 0.25) is 0 Å². The molecule has 86 valence electrons. The molecule has 1 aromatic carbocycles. The summed E-state index contributed by atoms with van der Waals surface area (Å²) in [5.74, 6) is -2.87. The molecule has 2 rings (SSSR count). The highest BCUT2D eigenvalue weighted by molar-refractivity contribution is 5.71. The predicted molar refractivity (Wildman–Crippen MR) is 52.8 cm³/mol. The summed E-state index contributed by atoms with van der Waals surface area (Å²) in [6.45, 7) is 1.39. The Bertz CT molecular complexity index is 416. The molecule has 3 nitrogen and oxygen atoms in total. The molecular formula is C11H11F2NO2. The summed E-state index contributed by atoms with van der Waals surface area (Å²) in [6.07, 6.45) is 0. The van der Waals surface area contributed by atoms with Crippen molar-refractivity contribution in [3.05, 3.63) is 35.4 Å². The first-order valence-electron chi connectivity index (χ1n) is 4.95. The van der Waals surface area contributed by atoms with Crippen molar-refractivity contribution in [3.8, 4) is 0 Å². The Morgan fingerprint density at radius 3 is 2.62 bits per heavy atom. The number of halogens is 2. The van der Waals surface area contributed by atoms with E-state index < -0.39 is 17.6 Å². The maximum absolute atomic E-state index is 12.9. The van der Waals surface area contributed by atoms with Crippen molar-refractivity contribution in [2.75, 3.05) is 13.1 Å². The molecule has 0 unspecified atom stereocenters. The molecule has 0 bridgehead atoms. The molecule has 0 amide bonds. The van der Waals surface area contributed by atoms with Crippen molar-refractivity contribution in [3.63, 3.8) is 0 Å². The van der Waals surface area contributed by atoms with Gasteiger partial charge in [0.25, 0.3) is 0 Å². The van der Waals surface area contributed by atoms with Crippen LogP contribution in [0.4, 0.5) is 8.78 Å². The fourth-order valence-corrected chi connectivity index (χ4v) is 1.75. The second-order valence-corrected chi connectivity index (χ2v) is 3.98. The molecular weight excluding hydrogens is 216 g/mol. The summed E-state index contributed by atoms with van der Waals surface area (Å²) < 4.78 is 25.5. The van der Waals surface area contributed by atoms with Crippen molar-refractivity contribution in [2.24, 2.45) is 5.92 Å². The standard InChI is InChI=1S/C11H11F2NO2/c12-9-2-1-7(3-10(9)13)4-14-5-8(6-14)11(15)16/h1-3,8H,4-6H2,(H,15,16). The van der Waals surface area contributed by atoms with E-state index in [1.54, 1.807) is 0 Å². The van der Waals surface area contributed by atoms with Gasteiger partial charge in [-0.1, -0.05) is 6.07 Å². The summed E-state index contributed by atoms with van der Waals surface area (Å²) >= 11 is 0. The Balaban J connectivity index is 1.91. The first kappa shape index (κ1) is 11.0. The first-order chi connectivity index (χ1) is 7.56. The number of carboxylic acids is 1. The summed E-state index contributed by atoms with van der Waals surface area (Å²) in [7, 11) is 0. The molecule has 1 heterocycles. The fraction of sp³-hybridized carbons (Fsp3) is 0.364. The highest BCUT2D eigenvalue weighted by atomic mass is 19.2. The molecule has 16 heavy (non-hydrogen) atoms. The average molecular weight is 227 g/mol. The van der Waals surface area contributed by atoms with Gasteiger partial charge in [-0.05, 0) is 17.7 Å². The van der Waals surface area contributed by atoms with E-state index in [4.69, 9.17) is 5.11 Å². The van der Waals surface area contributed by atoms with Gasteiger partial charge < -0.3 is 5.11 Å². The van der Waals surface area contributed by atoms with Crippen LogP contribution in [-0.4, -0.2) is 29.1 Å². The summed E-state index contributed by atoms with van der Waals surface area (Å²) in [5.41, 5.74) is 0.655. The Morgan fingerprint density at radius 2 is 2.06 bits per heavy atom. The molecule has 1 saturated heterocycles. The van der Waals surface area contributed by atoms with Gasteiger partial charge in [-0.25, -0.2) is 8.78 Å². The third kappa shape index (κ3) is 2.19. The smallest absolute Gasteiger partial charge is 0.309 e. The molecule has 0 atom stereocenters. The number of hydrogen-bond acceptors (Lipinski definition) is 2. The number of carboxylic acid groups (broad SMARTS) is 1. The molecule has 0 saturated carbocycles. The van der Waals surface area contributed by atoms with Crippen LogP contribution in [0.3, 0.4) is 0 Å². The van der Waals surface area contributed by atoms with Crippen LogP contribution in [0.1, 0.15) is 5.56 Å². The Hall–Kier alpha value is -1.49. The lowest BCUT2D eigenvalue weighted by molar-refractivity contribution is -0.147. The molecule has 1 aliphatic rings. The number of carbonyl (C=O) groups is 1. The summed E-state index contributed by atoms with van der Waals surface area (Å²) in [6, 6.07) is 3.73. The van der Waals surface area contributed by atoms with E-state index >= 15 is 0 Å². The molecule has 0 aliphatic carbocycles. The largest absolute Gasteiger partial charge is 0.481 e. The van der Waals surface area contributed by atoms with E-state index in [2.05, 4.69) is 0 Å². The zero-order valence-corrected chi connectivity index (χ0v) is 8.49. The van der Waals surface area contributed by atoms with Gasteiger partial charge in [0.05, 0.1) is 5.92 Å². The van der Waals surface area contributed by atoms with Crippen molar-refractivity contribution in [1.82, 2.24) is 4.90 Å². The maximum atomic E-state index is 12.9. The first-order valence-corrected chi connectivity index (χ1v) is 4.95. The van der Waals surface area contributed by atoms with Crippen molar-refractivity contribution >= 4 is 5.97 Å². The predicted octanol–water partition coefficient (Wildman–Crippen LogP) is 1.48. The maximum Gasteiger partial charge on any atom is 0.309 e. The monoisotopic (exact) mass is 227 g/mol. The second kappa shape index (κ2) is 4.17. The molecule has 5 heteroatoms. The lowest BCUT2D eigenvalue weighted by atomic mass is 9.99. The molecule has 1 aromatic rings. The average Bonchev–Trinajstić information content (AvgIpc) is 2.15. The van der Waals surface area contributed by atoms with E-state index in [1.165, 1.54) is 6.07 Å². The van der Waals surface area contributed by atoms with Gasteiger partial charge in [-0.2, -0.15) is 0 Å². The Morgan fingerprint density at radius 1 is 1.38 bits per heavy atom. The van der Waals surface area contributed by atoms with E-state index in [9.17, 15) is 13.6 Å². The van der Waals surface area contributed by atoms with E-state index in [0.717, 1.165) is 12.1 Å². The SMILES string of the molecule is O=C(O)C1CN(Cc2ccc(F)c(F)c2)C1. The molecule has 1 N–H and O–H groups in total. The molecule has 0 spiro atoms. The van der Waals surface area contributed by atoms with Gasteiger partial charge in [0.1, 0.15) is 0 Å². The van der Waals surface area contributed by atoms with Crippen LogP contribution in [0.2, 0.25) is 0 Å². The highest BCUT2D eigenvalue weighted by Gasteiger charge is 2.32. The number of benzene rings is 1. The lowest BCUT2D eigenvalue weighted by Crippen LogP contribution is -2.49. The van der Waals surface area contributed by atoms with E-state index in [0.29, 0.717) is 25.2 Å². The minimum absolute atomic E-state index is 0.328. The number of nitrogens with zero attached hydrogens (tertiary/aromatic N) is 1. The zero-order valence-electron chi connectivity index (χ0n) is 8.49. The van der Waals surface area contributed by atoms with Gasteiger partial charge in [0.15, 0.2) is 11.6 Å². The van der Waals surface area contributed by atoms with Crippen LogP contribution in [-0.2, 0) is 11.3 Å². The van der Waals surface area contributed by atoms with E-state index in [-0.39, 0.29) is 5.92 Å². The van der Waals surface area contributed by atoms with Crippen LogP contribution in [0.5, 0.6) is 0 Å². The minimum Gasteiger partial charge on any atom is -0.481 e. The van der Waals surface area contributed by atoms with Crippen LogP contribution in [0, 0.1) is 17.6 Å². The third-order valence-corrected chi connectivity index (χ3v) is 2.70. The number of likely N-dealkylation sites (tertiary alicyclic amines) is 1. The van der Waals surface area contributed by atoms with Crippen molar-refractivity contribution in [2.45, 2.75) is 6.54 Å². The summed E-state index contributed by atoms with van der Waals surface area (Å²) in [5, 5.41) is 8.66. The highest BCUT2D eigenvalue weighted by Crippen LogP contribution is 2.19. The normalized spacial score (nSPS) is 17.1. The van der Waals surface area contributed by atoms with Crippen LogP contribution < -0.4 is 0 Å². The number of rotatable bonds is 3. The van der Waals surface area contributed by atoms with Gasteiger partial charge in [-0.15, -0.1) is 0 Å². The Labute approximate surface area is 91.3 Å². The molecule has 1 aliphatic heterocycles. The zero-order chi connectivity index (χ0) is 11.7. The van der Waals surface area contributed by atoms with Gasteiger partial charge in [0, 0.05) is 19.6 Å². The van der Waals surface area contributed by atoms with Crippen molar-refractivity contribution in [1.29, 1.82) is 0 Å². The minimum atomic E-state index is -0.868. The molecule has 0 aromatic heterocycles. The van der Waals surface area contributed by atoms with Crippen LogP contribution in [0.15, 0.2) is 18.2 Å². The number of aliphatic carboxylic acids is 1. The quantitative estimate of drug-likeness (QED) is 0.850. The van der Waals surface area contributed by atoms with Gasteiger partial charge >= 0.3 is 5.97 Å². The van der Waals surface area contributed by atoms with Crippen LogP contribution >= 0.6 is 0 Å². The fourth-order valence-electron chi connectivity index (χ4n) is 1.75. The topological polar surface area (TPSA) is 40.5 Å². The second-order valence-electron chi connectivity index (χ2n) is 3.98. The summed E-state index contributed by atoms with van der Waals surface area (Å²) in [4.78, 5) is 12.4. The Kier molecular flexibility index (Phi) is 2.87. The lowest BCUT2D eigenvalue weighted by Gasteiger charge is -2.36. The van der Waals surface area contributed by atoms with Crippen LogP contribution in [0.25, 0.3) is 0 Å². The molecule has 0 radical (unpaired) electrons. The number of hydrogen-bond donors (Lipinski definition) is 1.